The maximum Gasteiger partial charge on any atom is 0.251 e. The summed E-state index contributed by atoms with van der Waals surface area (Å²) < 4.78 is 0. The number of nitrogens with zero attached hydrogens (tertiary/aromatic N) is 4. The zero-order chi connectivity index (χ0) is 8.27. The van der Waals surface area contributed by atoms with Crippen molar-refractivity contribution in [1.29, 1.82) is 0 Å². The average Bonchev–Trinajstić information content (AvgIpc) is 1.85. The summed E-state index contributed by atoms with van der Waals surface area (Å²) in [6.45, 7) is 1.61. The Morgan fingerprint density at radius 3 is 3.09 bits per heavy atom. The van der Waals surface area contributed by atoms with Gasteiger partial charge >= 0.3 is 0 Å². The Bertz CT molecular complexity index is 361. The zero-order valence-electron chi connectivity index (χ0n) is 5.77. The minimum absolute atomic E-state index is 0.0914. The molecule has 0 radical (unpaired) electrons. The van der Waals surface area contributed by atoms with E-state index in [9.17, 15) is 4.79 Å². The molecule has 0 atom stereocenters. The van der Waals surface area contributed by atoms with Crippen LogP contribution >= 0.6 is 0 Å². The van der Waals surface area contributed by atoms with Crippen molar-refractivity contribution in [3.8, 4) is 0 Å². The van der Waals surface area contributed by atoms with Gasteiger partial charge in [-0.1, -0.05) is 0 Å². The molecule has 0 fully saturated rings. The Labute approximate surface area is 61.5 Å². The molecular formula is C5H5N5O. The number of nitrogens with one attached hydrogen (secondary N) is 1. The van der Waals surface area contributed by atoms with E-state index in [4.69, 9.17) is 5.53 Å². The van der Waals surface area contributed by atoms with E-state index in [1.165, 1.54) is 0 Å². The first kappa shape index (κ1) is 7.30. The van der Waals surface area contributed by atoms with E-state index in [1.54, 1.807) is 6.92 Å². The van der Waals surface area contributed by atoms with E-state index in [-0.39, 0.29) is 11.4 Å². The first-order valence-corrected chi connectivity index (χ1v) is 2.85. The SMILES string of the molecule is Cc1nc(N=[N+]=[N-])cc(=O)[nH]1. The lowest BCUT2D eigenvalue weighted by Gasteiger charge is -1.91. The maximum atomic E-state index is 10.7. The fraction of sp³-hybridized carbons (Fsp3) is 0.200. The van der Waals surface area contributed by atoms with Crippen LogP contribution in [0.4, 0.5) is 5.82 Å². The van der Waals surface area contributed by atoms with Crippen LogP contribution in [-0.2, 0) is 0 Å². The highest BCUT2D eigenvalue weighted by Crippen LogP contribution is 2.01. The summed E-state index contributed by atoms with van der Waals surface area (Å²) in [6, 6.07) is 1.13. The third kappa shape index (κ3) is 1.80. The molecule has 1 N–H and O–H groups in total. The van der Waals surface area contributed by atoms with Crippen molar-refractivity contribution in [3.63, 3.8) is 0 Å². The predicted molar refractivity (Wildman–Crippen MR) is 38.4 cm³/mol. The molecule has 11 heavy (non-hydrogen) atoms. The molecule has 56 valence electrons. The summed E-state index contributed by atoms with van der Waals surface area (Å²) in [4.78, 5) is 19.4. The first-order valence-electron chi connectivity index (χ1n) is 2.85. The zero-order valence-corrected chi connectivity index (χ0v) is 5.77. The van der Waals surface area contributed by atoms with Crippen molar-refractivity contribution in [2.24, 2.45) is 5.11 Å². The van der Waals surface area contributed by atoms with Crippen LogP contribution in [0.15, 0.2) is 16.0 Å². The van der Waals surface area contributed by atoms with Crippen LogP contribution < -0.4 is 5.56 Å². The normalized spacial score (nSPS) is 8.82. The summed E-state index contributed by atoms with van der Waals surface area (Å²) in [7, 11) is 0. The number of rotatable bonds is 1. The summed E-state index contributed by atoms with van der Waals surface area (Å²) in [5.74, 6) is 0.522. The van der Waals surface area contributed by atoms with E-state index in [0.717, 1.165) is 6.07 Å². The third-order valence-electron chi connectivity index (χ3n) is 0.994. The van der Waals surface area contributed by atoms with Crippen LogP contribution in [0, 0.1) is 6.92 Å². The highest BCUT2D eigenvalue weighted by molar-refractivity contribution is 5.23. The molecule has 0 unspecified atom stereocenters. The predicted octanol–water partition coefficient (Wildman–Crippen LogP) is 1.02. The van der Waals surface area contributed by atoms with Gasteiger partial charge in [0.1, 0.15) is 11.6 Å². The number of aromatic nitrogens is 2. The highest BCUT2D eigenvalue weighted by Gasteiger charge is 1.92. The van der Waals surface area contributed by atoms with E-state index in [0.29, 0.717) is 5.82 Å². The van der Waals surface area contributed by atoms with Gasteiger partial charge in [-0.25, -0.2) is 4.98 Å². The van der Waals surface area contributed by atoms with Gasteiger partial charge < -0.3 is 4.98 Å². The van der Waals surface area contributed by atoms with E-state index in [1.807, 2.05) is 0 Å². The fourth-order valence-electron chi connectivity index (χ4n) is 0.661. The fourth-order valence-corrected chi connectivity index (χ4v) is 0.661. The summed E-state index contributed by atoms with van der Waals surface area (Å²) in [5.41, 5.74) is 7.69. The number of H-pyrrole nitrogens is 1. The molecule has 1 aromatic heterocycles. The number of aryl methyl sites for hydroxylation is 1. The molecule has 0 aliphatic carbocycles. The van der Waals surface area contributed by atoms with Gasteiger partial charge in [0.25, 0.3) is 5.56 Å². The Hall–Kier alpha value is -1.81. The van der Waals surface area contributed by atoms with Gasteiger partial charge in [0.05, 0.1) is 0 Å². The average molecular weight is 151 g/mol. The molecule has 0 saturated carbocycles. The van der Waals surface area contributed by atoms with E-state index in [2.05, 4.69) is 20.0 Å². The van der Waals surface area contributed by atoms with E-state index < -0.39 is 0 Å². The minimum Gasteiger partial charge on any atom is -0.311 e. The number of azide groups is 1. The molecule has 0 amide bonds. The molecule has 0 saturated heterocycles. The number of aromatic amines is 1. The minimum atomic E-state index is -0.320. The molecule has 0 aliphatic rings. The second-order valence-corrected chi connectivity index (χ2v) is 1.88. The molecule has 1 rings (SSSR count). The largest absolute Gasteiger partial charge is 0.311 e. The summed E-state index contributed by atoms with van der Waals surface area (Å²) >= 11 is 0. The van der Waals surface area contributed by atoms with Crippen LogP contribution in [-0.4, -0.2) is 9.97 Å². The van der Waals surface area contributed by atoms with Crippen LogP contribution in [0.1, 0.15) is 5.82 Å². The maximum absolute atomic E-state index is 10.7. The van der Waals surface area contributed by atoms with Gasteiger partial charge in [0.15, 0.2) is 0 Å². The van der Waals surface area contributed by atoms with Crippen molar-refractivity contribution in [2.45, 2.75) is 6.92 Å². The molecule has 0 aromatic carbocycles. The second-order valence-electron chi connectivity index (χ2n) is 1.88. The standard InChI is InChI=1S/C5H5N5O/c1-3-7-4(9-10-6)2-5(11)8-3/h2H,1H3,(H,7,8,11). The molecule has 6 nitrogen and oxygen atoms in total. The Balaban J connectivity index is 3.29. The number of hydrogen-bond acceptors (Lipinski definition) is 3. The molecular weight excluding hydrogens is 146 g/mol. The molecule has 1 aromatic rings. The van der Waals surface area contributed by atoms with Crippen molar-refractivity contribution in [1.82, 2.24) is 9.97 Å². The molecule has 1 heterocycles. The molecule has 0 bridgehead atoms. The monoisotopic (exact) mass is 151 g/mol. The van der Waals surface area contributed by atoms with Gasteiger partial charge in [0.2, 0.25) is 0 Å². The topological polar surface area (TPSA) is 94.5 Å². The van der Waals surface area contributed by atoms with Crippen molar-refractivity contribution in [2.75, 3.05) is 0 Å². The van der Waals surface area contributed by atoms with Gasteiger partial charge in [0, 0.05) is 11.0 Å². The summed E-state index contributed by atoms with van der Waals surface area (Å²) in [6.07, 6.45) is 0. The third-order valence-corrected chi connectivity index (χ3v) is 0.994. The number of hydrogen-bond donors (Lipinski definition) is 1. The molecule has 0 spiro atoms. The van der Waals surface area contributed by atoms with Crippen LogP contribution in [0.5, 0.6) is 0 Å². The van der Waals surface area contributed by atoms with Crippen LogP contribution in [0.25, 0.3) is 10.4 Å². The Morgan fingerprint density at radius 2 is 2.55 bits per heavy atom. The van der Waals surface area contributed by atoms with Crippen molar-refractivity contribution < 1.29 is 0 Å². The lowest BCUT2D eigenvalue weighted by atomic mass is 10.5. The lowest BCUT2D eigenvalue weighted by Crippen LogP contribution is -2.06. The Morgan fingerprint density at radius 1 is 1.82 bits per heavy atom. The van der Waals surface area contributed by atoms with Gasteiger partial charge in [-0.15, -0.1) is 0 Å². The van der Waals surface area contributed by atoms with E-state index >= 15 is 0 Å². The van der Waals surface area contributed by atoms with Gasteiger partial charge in [-0.3, -0.25) is 4.79 Å². The van der Waals surface area contributed by atoms with Crippen molar-refractivity contribution in [3.05, 3.63) is 32.7 Å². The van der Waals surface area contributed by atoms with Gasteiger partial charge in [-0.05, 0) is 17.6 Å². The summed E-state index contributed by atoms with van der Waals surface area (Å²) in [5, 5.41) is 3.18. The van der Waals surface area contributed by atoms with Crippen molar-refractivity contribution >= 4 is 5.82 Å². The smallest absolute Gasteiger partial charge is 0.251 e. The molecule has 0 aliphatic heterocycles. The van der Waals surface area contributed by atoms with Gasteiger partial charge in [-0.2, -0.15) is 0 Å². The Kier molecular flexibility index (Phi) is 1.89. The van der Waals surface area contributed by atoms with Crippen LogP contribution in [0.3, 0.4) is 0 Å². The quantitative estimate of drug-likeness (QED) is 0.368. The first-order chi connectivity index (χ1) is 5.22. The molecule has 6 heteroatoms. The van der Waals surface area contributed by atoms with Crippen LogP contribution in [0.2, 0.25) is 0 Å². The lowest BCUT2D eigenvalue weighted by molar-refractivity contribution is 1.01. The highest BCUT2D eigenvalue weighted by atomic mass is 16.1. The second kappa shape index (κ2) is 2.85.